The first-order chi connectivity index (χ1) is 12.8. The number of anilines is 1. The molecule has 26 heavy (non-hydrogen) atoms. The Morgan fingerprint density at radius 1 is 0.808 bits per heavy atom. The van der Waals surface area contributed by atoms with Crippen molar-refractivity contribution in [1.29, 1.82) is 0 Å². The van der Waals surface area contributed by atoms with Crippen molar-refractivity contribution < 1.29 is 14.2 Å². The molecule has 0 aliphatic carbocycles. The maximum Gasteiger partial charge on any atom is 0.124 e. The monoisotopic (exact) mass is 357 g/mol. The number of benzene rings is 2. The van der Waals surface area contributed by atoms with E-state index in [-0.39, 0.29) is 0 Å². The zero-order valence-corrected chi connectivity index (χ0v) is 16.0. The van der Waals surface area contributed by atoms with Crippen LogP contribution in [0.2, 0.25) is 0 Å². The van der Waals surface area contributed by atoms with Crippen LogP contribution in [0, 0.1) is 0 Å². The minimum absolute atomic E-state index is 0.573. The molecule has 0 saturated carbocycles. The van der Waals surface area contributed by atoms with Crippen molar-refractivity contribution in [3.8, 4) is 11.5 Å². The van der Waals surface area contributed by atoms with Crippen LogP contribution in [0.1, 0.15) is 38.7 Å². The molecule has 2 aromatic carbocycles. The minimum atomic E-state index is 0.573. The highest BCUT2D eigenvalue weighted by atomic mass is 16.5. The van der Waals surface area contributed by atoms with Crippen LogP contribution in [0.25, 0.3) is 0 Å². The Morgan fingerprint density at radius 3 is 2.38 bits per heavy atom. The number of nitrogens with one attached hydrogen (secondary N) is 1. The van der Waals surface area contributed by atoms with Gasteiger partial charge in [-0.3, -0.25) is 0 Å². The number of ether oxygens (including phenoxy) is 3. The lowest BCUT2D eigenvalue weighted by atomic mass is 10.2. The Bertz CT molecular complexity index is 613. The normalized spacial score (nSPS) is 10.5. The molecule has 0 fully saturated rings. The summed E-state index contributed by atoms with van der Waals surface area (Å²) in [5.41, 5.74) is 2.23. The fourth-order valence-corrected chi connectivity index (χ4v) is 2.55. The lowest BCUT2D eigenvalue weighted by Gasteiger charge is -2.13. The molecule has 0 heterocycles. The highest BCUT2D eigenvalue weighted by Gasteiger charge is 2.03. The first-order valence-corrected chi connectivity index (χ1v) is 9.58. The molecule has 0 radical (unpaired) electrons. The lowest BCUT2D eigenvalue weighted by Crippen LogP contribution is -2.06. The highest BCUT2D eigenvalue weighted by molar-refractivity contribution is 5.47. The van der Waals surface area contributed by atoms with E-state index in [1.165, 1.54) is 18.4 Å². The van der Waals surface area contributed by atoms with Crippen LogP contribution in [-0.2, 0) is 11.3 Å². The van der Waals surface area contributed by atoms with Crippen LogP contribution in [0.4, 0.5) is 5.69 Å². The van der Waals surface area contributed by atoms with Crippen molar-refractivity contribution >= 4 is 5.69 Å². The molecule has 2 rings (SSSR count). The molecule has 0 atom stereocenters. The minimum Gasteiger partial charge on any atom is -0.493 e. The van der Waals surface area contributed by atoms with Crippen molar-refractivity contribution in [2.45, 2.75) is 39.7 Å². The number of unbranched alkanes of at least 4 members (excludes halogenated alkanes) is 2. The Morgan fingerprint density at radius 2 is 1.62 bits per heavy atom. The van der Waals surface area contributed by atoms with Crippen molar-refractivity contribution in [1.82, 2.24) is 0 Å². The molecule has 0 aliphatic heterocycles. The SMILES string of the molecule is CCCCCOc1ccccc1CNc1ccc(OCCOCC)cc1. The van der Waals surface area contributed by atoms with Gasteiger partial charge >= 0.3 is 0 Å². The third-order valence-corrected chi connectivity index (χ3v) is 4.02. The fraction of sp³-hybridized carbons (Fsp3) is 0.455. The van der Waals surface area contributed by atoms with Gasteiger partial charge in [0.2, 0.25) is 0 Å². The van der Waals surface area contributed by atoms with Gasteiger partial charge < -0.3 is 19.5 Å². The van der Waals surface area contributed by atoms with E-state index in [0.29, 0.717) is 13.2 Å². The van der Waals surface area contributed by atoms with Crippen molar-refractivity contribution in [3.63, 3.8) is 0 Å². The van der Waals surface area contributed by atoms with Crippen molar-refractivity contribution in [2.24, 2.45) is 0 Å². The quantitative estimate of drug-likeness (QED) is 0.495. The molecule has 4 heteroatoms. The van der Waals surface area contributed by atoms with Crippen LogP contribution in [0.15, 0.2) is 48.5 Å². The maximum absolute atomic E-state index is 5.94. The van der Waals surface area contributed by atoms with Crippen LogP contribution in [-0.4, -0.2) is 26.4 Å². The van der Waals surface area contributed by atoms with Gasteiger partial charge in [0.05, 0.1) is 13.2 Å². The van der Waals surface area contributed by atoms with Crippen LogP contribution >= 0.6 is 0 Å². The standard InChI is InChI=1S/C22H31NO3/c1-3-5-8-15-26-22-10-7-6-9-19(22)18-23-20-11-13-21(14-12-20)25-17-16-24-4-2/h6-7,9-14,23H,3-5,8,15-18H2,1-2H3. The molecule has 0 bridgehead atoms. The largest absolute Gasteiger partial charge is 0.493 e. The summed E-state index contributed by atoms with van der Waals surface area (Å²) in [6.07, 6.45) is 3.51. The van der Waals surface area contributed by atoms with Gasteiger partial charge in [-0.25, -0.2) is 0 Å². The molecular weight excluding hydrogens is 326 g/mol. The summed E-state index contributed by atoms with van der Waals surface area (Å²) >= 11 is 0. The Kier molecular flexibility index (Phi) is 9.44. The number of hydrogen-bond donors (Lipinski definition) is 1. The van der Waals surface area contributed by atoms with Crippen LogP contribution in [0.5, 0.6) is 11.5 Å². The topological polar surface area (TPSA) is 39.7 Å². The second kappa shape index (κ2) is 12.2. The Labute approximate surface area is 157 Å². The third-order valence-electron chi connectivity index (χ3n) is 4.02. The van der Waals surface area contributed by atoms with Gasteiger partial charge in [0.1, 0.15) is 18.1 Å². The van der Waals surface area contributed by atoms with Gasteiger partial charge in [0.15, 0.2) is 0 Å². The number of hydrogen-bond acceptors (Lipinski definition) is 4. The fourth-order valence-electron chi connectivity index (χ4n) is 2.55. The van der Waals surface area contributed by atoms with Crippen LogP contribution < -0.4 is 14.8 Å². The van der Waals surface area contributed by atoms with Gasteiger partial charge in [-0.05, 0) is 43.7 Å². The van der Waals surface area contributed by atoms with E-state index in [2.05, 4.69) is 18.3 Å². The smallest absolute Gasteiger partial charge is 0.124 e. The van der Waals surface area contributed by atoms with E-state index in [4.69, 9.17) is 14.2 Å². The third kappa shape index (κ3) is 7.36. The molecule has 142 valence electrons. The predicted octanol–water partition coefficient (Wildman–Crippen LogP) is 5.28. The first kappa shape index (κ1) is 20.1. The van der Waals surface area contributed by atoms with E-state index >= 15 is 0 Å². The average Bonchev–Trinajstić information content (AvgIpc) is 2.69. The molecule has 0 amide bonds. The van der Waals surface area contributed by atoms with Crippen molar-refractivity contribution in [3.05, 3.63) is 54.1 Å². The summed E-state index contributed by atoms with van der Waals surface area (Å²) in [6.45, 7) is 7.60. The molecule has 4 nitrogen and oxygen atoms in total. The summed E-state index contributed by atoms with van der Waals surface area (Å²) in [7, 11) is 0. The zero-order valence-electron chi connectivity index (χ0n) is 16.0. The second-order valence-electron chi connectivity index (χ2n) is 6.09. The van der Waals surface area contributed by atoms with E-state index in [1.807, 2.05) is 49.4 Å². The molecule has 2 aromatic rings. The predicted molar refractivity (Wildman–Crippen MR) is 107 cm³/mol. The average molecular weight is 357 g/mol. The molecule has 0 aromatic heterocycles. The summed E-state index contributed by atoms with van der Waals surface area (Å²) in [4.78, 5) is 0. The zero-order chi connectivity index (χ0) is 18.5. The molecular formula is C22H31NO3. The Balaban J connectivity index is 1.81. The summed E-state index contributed by atoms with van der Waals surface area (Å²) in [6, 6.07) is 16.2. The van der Waals surface area contributed by atoms with Crippen molar-refractivity contribution in [2.75, 3.05) is 31.7 Å². The van der Waals surface area contributed by atoms with E-state index in [0.717, 1.165) is 43.4 Å². The summed E-state index contributed by atoms with van der Waals surface area (Å²) in [5, 5.41) is 3.45. The molecule has 0 aliphatic rings. The van der Waals surface area contributed by atoms with Crippen LogP contribution in [0.3, 0.4) is 0 Å². The van der Waals surface area contributed by atoms with E-state index in [1.54, 1.807) is 0 Å². The van der Waals surface area contributed by atoms with E-state index in [9.17, 15) is 0 Å². The molecule has 0 unspecified atom stereocenters. The maximum atomic E-state index is 5.94. The molecule has 0 spiro atoms. The summed E-state index contributed by atoms with van der Waals surface area (Å²) < 4.78 is 16.8. The number of rotatable bonds is 13. The first-order valence-electron chi connectivity index (χ1n) is 9.58. The summed E-state index contributed by atoms with van der Waals surface area (Å²) in [5.74, 6) is 1.82. The van der Waals surface area contributed by atoms with Gasteiger partial charge in [0, 0.05) is 24.4 Å². The Hall–Kier alpha value is -2.20. The van der Waals surface area contributed by atoms with E-state index < -0.39 is 0 Å². The highest BCUT2D eigenvalue weighted by Crippen LogP contribution is 2.21. The van der Waals surface area contributed by atoms with Gasteiger partial charge in [-0.2, -0.15) is 0 Å². The van der Waals surface area contributed by atoms with Gasteiger partial charge in [0.25, 0.3) is 0 Å². The lowest BCUT2D eigenvalue weighted by molar-refractivity contribution is 0.110. The second-order valence-corrected chi connectivity index (χ2v) is 6.09. The number of para-hydroxylation sites is 1. The molecule has 0 saturated heterocycles. The van der Waals surface area contributed by atoms with Gasteiger partial charge in [-0.15, -0.1) is 0 Å². The van der Waals surface area contributed by atoms with Gasteiger partial charge in [-0.1, -0.05) is 38.0 Å². The molecule has 1 N–H and O–H groups in total.